The van der Waals surface area contributed by atoms with Crippen molar-refractivity contribution in [3.63, 3.8) is 0 Å². The van der Waals surface area contributed by atoms with Gasteiger partial charge in [-0.2, -0.15) is 0 Å². The van der Waals surface area contributed by atoms with Gasteiger partial charge in [0.2, 0.25) is 5.91 Å². The molecule has 2 N–H and O–H groups in total. The number of aryl methyl sites for hydroxylation is 1. The van der Waals surface area contributed by atoms with Crippen LogP contribution in [-0.2, 0) is 4.79 Å². The highest BCUT2D eigenvalue weighted by atomic mass is 16.2. The van der Waals surface area contributed by atoms with Gasteiger partial charge in [0.1, 0.15) is 0 Å². The quantitative estimate of drug-likeness (QED) is 0.810. The molecule has 0 aromatic heterocycles. The average Bonchev–Trinajstić information content (AvgIpc) is 2.41. The molecule has 0 radical (unpaired) electrons. The van der Waals surface area contributed by atoms with E-state index < -0.39 is 0 Å². The zero-order valence-corrected chi connectivity index (χ0v) is 12.5. The van der Waals surface area contributed by atoms with E-state index in [0.717, 1.165) is 29.7 Å². The van der Waals surface area contributed by atoms with Gasteiger partial charge in [0.05, 0.1) is 12.3 Å². The number of hydrogen-bond donors (Lipinski definition) is 2. The van der Waals surface area contributed by atoms with Crippen LogP contribution in [0.25, 0.3) is 0 Å². The predicted molar refractivity (Wildman–Crippen MR) is 82.5 cm³/mol. The monoisotopic (exact) mass is 273 g/mol. The summed E-state index contributed by atoms with van der Waals surface area (Å²) in [6.45, 7) is 6.04. The zero-order valence-electron chi connectivity index (χ0n) is 12.5. The first-order chi connectivity index (χ1) is 9.58. The Balaban J connectivity index is 2.90. The summed E-state index contributed by atoms with van der Waals surface area (Å²) in [5.74, 6) is 5.91. The Labute approximate surface area is 121 Å². The van der Waals surface area contributed by atoms with E-state index in [9.17, 15) is 4.79 Å². The second kappa shape index (κ2) is 8.39. The van der Waals surface area contributed by atoms with Gasteiger partial charge in [-0.15, -0.1) is 0 Å². The molecule has 1 aromatic rings. The summed E-state index contributed by atoms with van der Waals surface area (Å²) < 4.78 is 0. The van der Waals surface area contributed by atoms with Crippen molar-refractivity contribution in [2.45, 2.75) is 40.0 Å². The minimum Gasteiger partial charge on any atom is -0.395 e. The lowest BCUT2D eigenvalue weighted by Gasteiger charge is -2.13. The lowest BCUT2D eigenvalue weighted by atomic mass is 10.0. The maximum Gasteiger partial charge on any atom is 0.227 e. The Morgan fingerprint density at radius 3 is 2.85 bits per heavy atom. The molecule has 0 saturated carbocycles. The molecule has 3 nitrogen and oxygen atoms in total. The fourth-order valence-electron chi connectivity index (χ4n) is 1.90. The van der Waals surface area contributed by atoms with E-state index in [1.165, 1.54) is 0 Å². The van der Waals surface area contributed by atoms with Crippen molar-refractivity contribution in [3.05, 3.63) is 29.3 Å². The number of anilines is 1. The van der Waals surface area contributed by atoms with Gasteiger partial charge in [-0.1, -0.05) is 38.2 Å². The number of nitrogens with one attached hydrogen (secondary N) is 1. The summed E-state index contributed by atoms with van der Waals surface area (Å²) in [6.07, 6.45) is 2.31. The van der Waals surface area contributed by atoms with Gasteiger partial charge in [-0.05, 0) is 31.0 Å². The highest BCUT2D eigenvalue weighted by molar-refractivity contribution is 5.93. The molecule has 108 valence electrons. The highest BCUT2D eigenvalue weighted by Crippen LogP contribution is 2.18. The Morgan fingerprint density at radius 1 is 1.45 bits per heavy atom. The topological polar surface area (TPSA) is 49.3 Å². The summed E-state index contributed by atoms with van der Waals surface area (Å²) in [7, 11) is 0. The van der Waals surface area contributed by atoms with Gasteiger partial charge in [0, 0.05) is 17.9 Å². The third kappa shape index (κ3) is 5.07. The van der Waals surface area contributed by atoms with E-state index in [1.54, 1.807) is 0 Å². The van der Waals surface area contributed by atoms with Crippen LogP contribution in [-0.4, -0.2) is 17.6 Å². The number of amides is 1. The largest absolute Gasteiger partial charge is 0.395 e. The molecule has 3 heteroatoms. The molecule has 1 aromatic carbocycles. The van der Waals surface area contributed by atoms with E-state index in [2.05, 4.69) is 24.1 Å². The predicted octanol–water partition coefficient (Wildman–Crippen LogP) is 3.10. The minimum atomic E-state index is -0.00115. The summed E-state index contributed by atoms with van der Waals surface area (Å²) in [4.78, 5) is 12.1. The molecule has 0 saturated heterocycles. The average molecular weight is 273 g/mol. The minimum absolute atomic E-state index is 0.00115. The maximum atomic E-state index is 12.1. The molecule has 0 aliphatic carbocycles. The number of carbonyl (C=O) groups is 1. The van der Waals surface area contributed by atoms with Gasteiger partial charge in [-0.25, -0.2) is 0 Å². The van der Waals surface area contributed by atoms with Gasteiger partial charge in [0.25, 0.3) is 0 Å². The van der Waals surface area contributed by atoms with Crippen molar-refractivity contribution >= 4 is 11.6 Å². The summed E-state index contributed by atoms with van der Waals surface area (Å²) in [6, 6.07) is 5.80. The SMILES string of the molecule is CCCC(C)C(=O)Nc1cc(C)ccc1C#CCCO. The molecule has 20 heavy (non-hydrogen) atoms. The molecule has 1 amide bonds. The van der Waals surface area contributed by atoms with Crippen molar-refractivity contribution in [1.29, 1.82) is 0 Å². The fraction of sp³-hybridized carbons (Fsp3) is 0.471. The van der Waals surface area contributed by atoms with Gasteiger partial charge in [0.15, 0.2) is 0 Å². The van der Waals surface area contributed by atoms with Crippen LogP contribution >= 0.6 is 0 Å². The highest BCUT2D eigenvalue weighted by Gasteiger charge is 2.13. The fourth-order valence-corrected chi connectivity index (χ4v) is 1.90. The van der Waals surface area contributed by atoms with Crippen molar-refractivity contribution in [2.24, 2.45) is 5.92 Å². The second-order valence-electron chi connectivity index (χ2n) is 5.00. The van der Waals surface area contributed by atoms with Crippen LogP contribution in [0.5, 0.6) is 0 Å². The van der Waals surface area contributed by atoms with E-state index in [1.807, 2.05) is 32.0 Å². The first-order valence-electron chi connectivity index (χ1n) is 7.09. The molecule has 0 bridgehead atoms. The second-order valence-corrected chi connectivity index (χ2v) is 5.00. The van der Waals surface area contributed by atoms with Crippen LogP contribution in [0.15, 0.2) is 18.2 Å². The standard InChI is InChI=1S/C17H23NO2/c1-4-7-14(3)17(20)18-16-12-13(2)9-10-15(16)8-5-6-11-19/h9-10,12,14,19H,4,6-7,11H2,1-3H3,(H,18,20). The maximum absolute atomic E-state index is 12.1. The number of aliphatic hydroxyl groups is 1. The molecule has 0 aliphatic heterocycles. The molecule has 0 spiro atoms. The number of hydrogen-bond acceptors (Lipinski definition) is 2. The summed E-state index contributed by atoms with van der Waals surface area (Å²) in [5, 5.41) is 11.7. The van der Waals surface area contributed by atoms with Crippen molar-refractivity contribution in [1.82, 2.24) is 0 Å². The van der Waals surface area contributed by atoms with Crippen molar-refractivity contribution in [2.75, 3.05) is 11.9 Å². The lowest BCUT2D eigenvalue weighted by Crippen LogP contribution is -2.20. The molecule has 0 fully saturated rings. The first kappa shape index (κ1) is 16.3. The Bertz CT molecular complexity index is 511. The van der Waals surface area contributed by atoms with Gasteiger partial charge in [-0.3, -0.25) is 4.79 Å². The van der Waals surface area contributed by atoms with Crippen molar-refractivity contribution in [3.8, 4) is 11.8 Å². The number of carbonyl (C=O) groups excluding carboxylic acids is 1. The molecular weight excluding hydrogens is 250 g/mol. The summed E-state index contributed by atoms with van der Waals surface area (Å²) >= 11 is 0. The Hall–Kier alpha value is -1.79. The normalized spacial score (nSPS) is 11.4. The van der Waals surface area contributed by atoms with Crippen LogP contribution < -0.4 is 5.32 Å². The molecule has 1 atom stereocenters. The van der Waals surface area contributed by atoms with Crippen LogP contribution in [0.3, 0.4) is 0 Å². The van der Waals surface area contributed by atoms with Gasteiger partial charge >= 0.3 is 0 Å². The smallest absolute Gasteiger partial charge is 0.227 e. The molecule has 0 aliphatic rings. The number of rotatable bonds is 5. The lowest BCUT2D eigenvalue weighted by molar-refractivity contribution is -0.119. The van der Waals surface area contributed by atoms with E-state index in [-0.39, 0.29) is 18.4 Å². The van der Waals surface area contributed by atoms with E-state index in [4.69, 9.17) is 5.11 Å². The van der Waals surface area contributed by atoms with Crippen LogP contribution in [0.4, 0.5) is 5.69 Å². The first-order valence-corrected chi connectivity index (χ1v) is 7.09. The Morgan fingerprint density at radius 2 is 2.20 bits per heavy atom. The number of benzene rings is 1. The zero-order chi connectivity index (χ0) is 15.0. The molecule has 1 rings (SSSR count). The van der Waals surface area contributed by atoms with Gasteiger partial charge < -0.3 is 10.4 Å². The molecule has 0 heterocycles. The van der Waals surface area contributed by atoms with E-state index >= 15 is 0 Å². The summed E-state index contributed by atoms with van der Waals surface area (Å²) in [5.41, 5.74) is 2.63. The molecule has 1 unspecified atom stereocenters. The Kier molecular flexibility index (Phi) is 6.83. The third-order valence-corrected chi connectivity index (χ3v) is 3.06. The van der Waals surface area contributed by atoms with Crippen LogP contribution in [0, 0.1) is 24.7 Å². The molecular formula is C17H23NO2. The van der Waals surface area contributed by atoms with Crippen LogP contribution in [0.1, 0.15) is 44.2 Å². The number of aliphatic hydroxyl groups excluding tert-OH is 1. The van der Waals surface area contributed by atoms with Crippen LogP contribution in [0.2, 0.25) is 0 Å². The van der Waals surface area contributed by atoms with E-state index in [0.29, 0.717) is 6.42 Å². The third-order valence-electron chi connectivity index (χ3n) is 3.06. The van der Waals surface area contributed by atoms with Crippen molar-refractivity contribution < 1.29 is 9.90 Å².